The van der Waals surface area contributed by atoms with E-state index in [-0.39, 0.29) is 6.04 Å². The molecule has 1 aromatic rings. The molecule has 1 aliphatic rings. The molecule has 22 heavy (non-hydrogen) atoms. The highest BCUT2D eigenvalue weighted by atomic mass is 15.2. The molecule has 1 aliphatic heterocycles. The van der Waals surface area contributed by atoms with E-state index in [1.54, 1.807) is 0 Å². The lowest BCUT2D eigenvalue weighted by Gasteiger charge is -2.33. The van der Waals surface area contributed by atoms with E-state index in [0.29, 0.717) is 0 Å². The third kappa shape index (κ3) is 3.35. The van der Waals surface area contributed by atoms with E-state index in [9.17, 15) is 0 Å². The van der Waals surface area contributed by atoms with Gasteiger partial charge in [-0.15, -0.1) is 0 Å². The SMILES string of the molecule is C=Cc1cc(NC)ccc1C(=C)N(C)C1CCCCNC1=C. The molecule has 118 valence electrons. The predicted octanol–water partition coefficient (Wildman–Crippen LogP) is 3.93. The van der Waals surface area contributed by atoms with Gasteiger partial charge < -0.3 is 15.5 Å². The molecule has 0 aliphatic carbocycles. The van der Waals surface area contributed by atoms with Gasteiger partial charge in [0.25, 0.3) is 0 Å². The molecule has 0 amide bonds. The van der Waals surface area contributed by atoms with Crippen LogP contribution in [0.3, 0.4) is 0 Å². The molecular weight excluding hydrogens is 270 g/mol. The van der Waals surface area contributed by atoms with E-state index in [2.05, 4.69) is 60.5 Å². The first-order chi connectivity index (χ1) is 10.6. The summed E-state index contributed by atoms with van der Waals surface area (Å²) in [6, 6.07) is 6.56. The summed E-state index contributed by atoms with van der Waals surface area (Å²) in [5, 5.41) is 6.58. The van der Waals surface area contributed by atoms with Crippen LogP contribution in [-0.4, -0.2) is 31.6 Å². The number of benzene rings is 1. The number of hydrogen-bond donors (Lipinski definition) is 2. The zero-order valence-corrected chi connectivity index (χ0v) is 13.8. The molecule has 1 atom stereocenters. The highest BCUT2D eigenvalue weighted by Crippen LogP contribution is 2.28. The topological polar surface area (TPSA) is 27.3 Å². The van der Waals surface area contributed by atoms with Crippen LogP contribution in [0.25, 0.3) is 11.8 Å². The van der Waals surface area contributed by atoms with Crippen LogP contribution in [0.1, 0.15) is 30.4 Å². The fraction of sp³-hybridized carbons (Fsp3) is 0.368. The third-order valence-electron chi connectivity index (χ3n) is 4.42. The van der Waals surface area contributed by atoms with Gasteiger partial charge in [-0.2, -0.15) is 0 Å². The van der Waals surface area contributed by atoms with Crippen molar-refractivity contribution in [3.05, 3.63) is 54.8 Å². The van der Waals surface area contributed by atoms with Crippen molar-refractivity contribution in [1.29, 1.82) is 0 Å². The van der Waals surface area contributed by atoms with Crippen molar-refractivity contribution in [1.82, 2.24) is 10.2 Å². The Balaban J connectivity index is 2.26. The zero-order chi connectivity index (χ0) is 16.1. The molecule has 3 heteroatoms. The second-order valence-corrected chi connectivity index (χ2v) is 5.78. The minimum atomic E-state index is 0.289. The fourth-order valence-electron chi connectivity index (χ4n) is 2.96. The average Bonchev–Trinajstić information content (AvgIpc) is 2.77. The Morgan fingerprint density at radius 3 is 2.86 bits per heavy atom. The average molecular weight is 297 g/mol. The largest absolute Gasteiger partial charge is 0.388 e. The Kier molecular flexibility index (Phi) is 5.31. The summed E-state index contributed by atoms with van der Waals surface area (Å²) in [5.41, 5.74) is 5.39. The van der Waals surface area contributed by atoms with Crippen molar-refractivity contribution in [2.24, 2.45) is 0 Å². The van der Waals surface area contributed by atoms with Crippen molar-refractivity contribution in [3.8, 4) is 0 Å². The lowest BCUT2D eigenvalue weighted by molar-refractivity contribution is 0.364. The van der Waals surface area contributed by atoms with E-state index >= 15 is 0 Å². The summed E-state index contributed by atoms with van der Waals surface area (Å²) in [5.74, 6) is 0. The van der Waals surface area contributed by atoms with Gasteiger partial charge in [-0.05, 0) is 37.0 Å². The molecular formula is C19H27N3. The van der Waals surface area contributed by atoms with E-state index in [1.807, 2.05) is 13.1 Å². The summed E-state index contributed by atoms with van der Waals surface area (Å²) in [6.07, 6.45) is 5.40. The number of anilines is 1. The Bertz CT molecular complexity index is 574. The maximum Gasteiger partial charge on any atom is 0.0679 e. The van der Waals surface area contributed by atoms with Crippen LogP contribution < -0.4 is 10.6 Å². The summed E-state index contributed by atoms with van der Waals surface area (Å²) in [4.78, 5) is 2.24. The van der Waals surface area contributed by atoms with Gasteiger partial charge in [0, 0.05) is 43.3 Å². The molecule has 0 bridgehead atoms. The molecule has 1 fully saturated rings. The van der Waals surface area contributed by atoms with Crippen LogP contribution in [0, 0.1) is 0 Å². The molecule has 0 radical (unpaired) electrons. The molecule has 1 saturated heterocycles. The first-order valence-corrected chi connectivity index (χ1v) is 7.87. The molecule has 3 nitrogen and oxygen atoms in total. The quantitative estimate of drug-likeness (QED) is 0.862. The highest BCUT2D eigenvalue weighted by molar-refractivity contribution is 5.74. The van der Waals surface area contributed by atoms with Crippen molar-refractivity contribution >= 4 is 17.5 Å². The van der Waals surface area contributed by atoms with Crippen LogP contribution in [0.4, 0.5) is 5.69 Å². The molecule has 1 heterocycles. The van der Waals surface area contributed by atoms with Gasteiger partial charge in [-0.1, -0.05) is 31.9 Å². The molecule has 2 rings (SSSR count). The van der Waals surface area contributed by atoms with Gasteiger partial charge in [0.05, 0.1) is 6.04 Å². The van der Waals surface area contributed by atoms with Crippen LogP contribution in [-0.2, 0) is 0 Å². The van der Waals surface area contributed by atoms with E-state index in [4.69, 9.17) is 0 Å². The van der Waals surface area contributed by atoms with E-state index in [0.717, 1.165) is 41.2 Å². The third-order valence-corrected chi connectivity index (χ3v) is 4.42. The van der Waals surface area contributed by atoms with Crippen LogP contribution in [0.2, 0.25) is 0 Å². The van der Waals surface area contributed by atoms with Crippen LogP contribution in [0.15, 0.2) is 43.6 Å². The molecule has 2 N–H and O–H groups in total. The summed E-state index contributed by atoms with van der Waals surface area (Å²) in [6.45, 7) is 13.5. The van der Waals surface area contributed by atoms with Crippen molar-refractivity contribution in [3.63, 3.8) is 0 Å². The summed E-state index contributed by atoms with van der Waals surface area (Å²) < 4.78 is 0. The molecule has 0 spiro atoms. The van der Waals surface area contributed by atoms with Gasteiger partial charge in [-0.25, -0.2) is 0 Å². The number of hydrogen-bond acceptors (Lipinski definition) is 3. The van der Waals surface area contributed by atoms with Crippen molar-refractivity contribution in [2.75, 3.05) is 26.0 Å². The highest BCUT2D eigenvalue weighted by Gasteiger charge is 2.22. The number of nitrogens with zero attached hydrogens (tertiary/aromatic N) is 1. The van der Waals surface area contributed by atoms with Gasteiger partial charge in [-0.3, -0.25) is 0 Å². The molecule has 1 aromatic carbocycles. The van der Waals surface area contributed by atoms with Gasteiger partial charge in [0.1, 0.15) is 0 Å². The standard InChI is InChI=1S/C19H27N3/c1-6-16-13-17(20-4)10-11-18(16)15(3)22(5)19-9-7-8-12-21-14(19)2/h6,10-11,13,19-21H,1-3,7-9,12H2,4-5H3. The predicted molar refractivity (Wildman–Crippen MR) is 97.7 cm³/mol. The second-order valence-electron chi connectivity index (χ2n) is 5.78. The minimum Gasteiger partial charge on any atom is -0.388 e. The van der Waals surface area contributed by atoms with Crippen LogP contribution in [0.5, 0.6) is 0 Å². The second kappa shape index (κ2) is 7.21. The maximum absolute atomic E-state index is 4.32. The Labute approximate surface area is 134 Å². The van der Waals surface area contributed by atoms with Crippen molar-refractivity contribution in [2.45, 2.75) is 25.3 Å². The fourth-order valence-corrected chi connectivity index (χ4v) is 2.96. The first-order valence-electron chi connectivity index (χ1n) is 7.87. The van der Waals surface area contributed by atoms with Crippen molar-refractivity contribution < 1.29 is 0 Å². The van der Waals surface area contributed by atoms with Gasteiger partial charge in [0.2, 0.25) is 0 Å². The van der Waals surface area contributed by atoms with Gasteiger partial charge in [0.15, 0.2) is 0 Å². The van der Waals surface area contributed by atoms with Gasteiger partial charge >= 0.3 is 0 Å². The number of rotatable bonds is 5. The smallest absolute Gasteiger partial charge is 0.0679 e. The van der Waals surface area contributed by atoms with E-state index in [1.165, 1.54) is 12.8 Å². The molecule has 1 unspecified atom stereocenters. The lowest BCUT2D eigenvalue weighted by Crippen LogP contribution is -2.35. The Morgan fingerprint density at radius 1 is 1.41 bits per heavy atom. The molecule has 0 saturated carbocycles. The lowest BCUT2D eigenvalue weighted by atomic mass is 10.0. The monoisotopic (exact) mass is 297 g/mol. The minimum absolute atomic E-state index is 0.289. The first kappa shape index (κ1) is 16.2. The summed E-state index contributed by atoms with van der Waals surface area (Å²) in [7, 11) is 4.02. The zero-order valence-electron chi connectivity index (χ0n) is 13.8. The Morgan fingerprint density at radius 2 is 2.18 bits per heavy atom. The number of nitrogens with one attached hydrogen (secondary N) is 2. The van der Waals surface area contributed by atoms with Crippen LogP contribution >= 0.6 is 0 Å². The maximum atomic E-state index is 4.32. The Hall–Kier alpha value is -2.16. The summed E-state index contributed by atoms with van der Waals surface area (Å²) >= 11 is 0. The molecule has 0 aromatic heterocycles. The normalized spacial score (nSPS) is 18.1. The number of likely N-dealkylation sites (N-methyl/N-ethyl adjacent to an activating group) is 1. The van der Waals surface area contributed by atoms with E-state index < -0.39 is 0 Å².